The first-order valence-electron chi connectivity index (χ1n) is 10.6. The second-order valence-corrected chi connectivity index (χ2v) is 8.21. The number of rotatable bonds is 6. The number of likely N-dealkylation sites (tertiary alicyclic amines) is 1. The van der Waals surface area contributed by atoms with E-state index >= 15 is 0 Å². The third kappa shape index (κ3) is 5.46. The summed E-state index contributed by atoms with van der Waals surface area (Å²) in [6.45, 7) is 5.54. The average Bonchev–Trinajstić information content (AvgIpc) is 2.76. The maximum absolute atomic E-state index is 13.1. The van der Waals surface area contributed by atoms with Crippen LogP contribution < -0.4 is 4.90 Å². The molecule has 1 aliphatic heterocycles. The molecular weight excluding hydrogens is 405 g/mol. The molecule has 4 nitrogen and oxygen atoms in total. The Bertz CT molecular complexity index is 878. The summed E-state index contributed by atoms with van der Waals surface area (Å²) in [5.74, 6) is 0.0381. The Morgan fingerprint density at radius 1 is 1.13 bits per heavy atom. The molecular formula is C24H29F3N2O2. The number of amides is 1. The van der Waals surface area contributed by atoms with Gasteiger partial charge in [-0.25, -0.2) is 0 Å². The van der Waals surface area contributed by atoms with Crippen molar-refractivity contribution in [1.29, 1.82) is 0 Å². The number of carbonyl (C=O) groups is 1. The maximum Gasteiger partial charge on any atom is 0.416 e. The monoisotopic (exact) mass is 434 g/mol. The molecule has 1 aliphatic rings. The Balaban J connectivity index is 1.67. The number of piperidine rings is 1. The fourth-order valence-corrected chi connectivity index (χ4v) is 4.24. The van der Waals surface area contributed by atoms with Gasteiger partial charge in [-0.15, -0.1) is 0 Å². The number of para-hydroxylation sites is 1. The number of nitrogens with zero attached hydrogens (tertiary/aromatic N) is 2. The first-order valence-corrected chi connectivity index (χ1v) is 10.6. The topological polar surface area (TPSA) is 43.8 Å². The number of carbonyl (C=O) groups excluding carboxylic acids is 1. The van der Waals surface area contributed by atoms with Crippen molar-refractivity contribution in [1.82, 2.24) is 4.90 Å². The van der Waals surface area contributed by atoms with E-state index in [-0.39, 0.29) is 11.9 Å². The van der Waals surface area contributed by atoms with E-state index < -0.39 is 17.3 Å². The Morgan fingerprint density at radius 3 is 2.35 bits per heavy atom. The lowest BCUT2D eigenvalue weighted by atomic mass is 9.83. The molecule has 1 heterocycles. The van der Waals surface area contributed by atoms with Crippen LogP contribution in [0.15, 0.2) is 54.6 Å². The number of alkyl halides is 3. The SMILES string of the molecule is CCC(=O)N(c1ccccc1)[C@@H](C)CN1CCC(O)(c2cccc(C(F)(F)F)c2)CC1. The van der Waals surface area contributed by atoms with Crippen LogP contribution in [0.25, 0.3) is 0 Å². The van der Waals surface area contributed by atoms with E-state index in [1.54, 1.807) is 11.0 Å². The van der Waals surface area contributed by atoms with Crippen molar-refractivity contribution in [3.05, 3.63) is 65.7 Å². The zero-order valence-corrected chi connectivity index (χ0v) is 17.9. The van der Waals surface area contributed by atoms with Crippen molar-refractivity contribution in [3.8, 4) is 0 Å². The summed E-state index contributed by atoms with van der Waals surface area (Å²) in [6.07, 6.45) is -3.36. The van der Waals surface area contributed by atoms with Crippen LogP contribution in [0.1, 0.15) is 44.2 Å². The Kier molecular flexibility index (Phi) is 7.06. The van der Waals surface area contributed by atoms with Crippen molar-refractivity contribution >= 4 is 11.6 Å². The van der Waals surface area contributed by atoms with Gasteiger partial charge in [0.25, 0.3) is 0 Å². The van der Waals surface area contributed by atoms with Crippen LogP contribution >= 0.6 is 0 Å². The fraction of sp³-hybridized carbons (Fsp3) is 0.458. The van der Waals surface area contributed by atoms with Crippen molar-refractivity contribution in [2.45, 2.75) is 50.9 Å². The third-order valence-corrected chi connectivity index (χ3v) is 5.98. The molecule has 31 heavy (non-hydrogen) atoms. The van der Waals surface area contributed by atoms with Gasteiger partial charge < -0.3 is 14.9 Å². The lowest BCUT2D eigenvalue weighted by Gasteiger charge is -2.41. The molecule has 1 fully saturated rings. The van der Waals surface area contributed by atoms with Gasteiger partial charge in [0.2, 0.25) is 5.91 Å². The molecule has 0 saturated carbocycles. The van der Waals surface area contributed by atoms with Crippen LogP contribution in [0.2, 0.25) is 0 Å². The van der Waals surface area contributed by atoms with Gasteiger partial charge in [0.1, 0.15) is 0 Å². The minimum absolute atomic E-state index is 0.0381. The van der Waals surface area contributed by atoms with E-state index in [4.69, 9.17) is 0 Å². The summed E-state index contributed by atoms with van der Waals surface area (Å²) >= 11 is 0. The Hall–Kier alpha value is -2.38. The smallest absolute Gasteiger partial charge is 0.385 e. The summed E-state index contributed by atoms with van der Waals surface area (Å²) < 4.78 is 39.2. The van der Waals surface area contributed by atoms with Crippen molar-refractivity contribution in [2.75, 3.05) is 24.5 Å². The average molecular weight is 435 g/mol. The van der Waals surface area contributed by atoms with E-state index in [2.05, 4.69) is 4.90 Å². The van der Waals surface area contributed by atoms with Crippen LogP contribution in [0.3, 0.4) is 0 Å². The van der Waals surface area contributed by atoms with E-state index in [9.17, 15) is 23.1 Å². The van der Waals surface area contributed by atoms with Gasteiger partial charge in [-0.3, -0.25) is 4.79 Å². The zero-order chi connectivity index (χ0) is 22.6. The number of hydrogen-bond donors (Lipinski definition) is 1. The standard InChI is InChI=1S/C24H29F3N2O2/c1-3-22(30)29(21-10-5-4-6-11-21)18(2)17-28-14-12-23(31,13-15-28)19-8-7-9-20(16-19)24(25,26)27/h4-11,16,18,31H,3,12-15,17H2,1-2H3/t18-/m0/s1. The van der Waals surface area contributed by atoms with Gasteiger partial charge >= 0.3 is 6.18 Å². The van der Waals surface area contributed by atoms with Crippen molar-refractivity contribution < 1.29 is 23.1 Å². The molecule has 1 N–H and O–H groups in total. The predicted octanol–water partition coefficient (Wildman–Crippen LogP) is 4.82. The van der Waals surface area contributed by atoms with Gasteiger partial charge in [0.05, 0.1) is 11.2 Å². The first kappa shape index (κ1) is 23.3. The summed E-state index contributed by atoms with van der Waals surface area (Å²) in [5.41, 5.74) is -0.869. The van der Waals surface area contributed by atoms with Gasteiger partial charge in [-0.05, 0) is 49.6 Å². The Morgan fingerprint density at radius 2 is 1.77 bits per heavy atom. The highest BCUT2D eigenvalue weighted by Gasteiger charge is 2.37. The van der Waals surface area contributed by atoms with Crippen LogP contribution in [0.5, 0.6) is 0 Å². The quantitative estimate of drug-likeness (QED) is 0.709. The molecule has 1 atom stereocenters. The largest absolute Gasteiger partial charge is 0.416 e. The summed E-state index contributed by atoms with van der Waals surface area (Å²) in [5, 5.41) is 11.0. The minimum atomic E-state index is -4.44. The van der Waals surface area contributed by atoms with Gasteiger partial charge in [-0.2, -0.15) is 13.2 Å². The molecule has 7 heteroatoms. The molecule has 2 aromatic rings. The molecule has 1 amide bonds. The molecule has 0 unspecified atom stereocenters. The number of hydrogen-bond acceptors (Lipinski definition) is 3. The second-order valence-electron chi connectivity index (χ2n) is 8.21. The highest BCUT2D eigenvalue weighted by Crippen LogP contribution is 2.37. The van der Waals surface area contributed by atoms with Crippen LogP contribution in [-0.2, 0) is 16.6 Å². The molecule has 168 valence electrons. The van der Waals surface area contributed by atoms with E-state index in [0.29, 0.717) is 44.5 Å². The van der Waals surface area contributed by atoms with Crippen molar-refractivity contribution in [2.24, 2.45) is 0 Å². The summed E-state index contributed by atoms with van der Waals surface area (Å²) in [7, 11) is 0. The molecule has 1 saturated heterocycles. The molecule has 0 bridgehead atoms. The number of halogens is 3. The first-order chi connectivity index (χ1) is 14.6. The fourth-order valence-electron chi connectivity index (χ4n) is 4.24. The maximum atomic E-state index is 13.1. The highest BCUT2D eigenvalue weighted by molar-refractivity contribution is 5.93. The lowest BCUT2D eigenvalue weighted by Crippen LogP contribution is -2.49. The number of benzene rings is 2. The van der Waals surface area contributed by atoms with Crippen LogP contribution in [0.4, 0.5) is 18.9 Å². The zero-order valence-electron chi connectivity index (χ0n) is 17.9. The van der Waals surface area contributed by atoms with Gasteiger partial charge in [-0.1, -0.05) is 37.3 Å². The predicted molar refractivity (Wildman–Crippen MR) is 115 cm³/mol. The summed E-state index contributed by atoms with van der Waals surface area (Å²) in [4.78, 5) is 16.5. The van der Waals surface area contributed by atoms with Gasteiger partial charge in [0, 0.05) is 37.8 Å². The number of anilines is 1. The molecule has 0 aliphatic carbocycles. The van der Waals surface area contributed by atoms with E-state index in [1.165, 1.54) is 6.07 Å². The van der Waals surface area contributed by atoms with Crippen LogP contribution in [0, 0.1) is 0 Å². The third-order valence-electron chi connectivity index (χ3n) is 5.98. The second kappa shape index (κ2) is 9.40. The van der Waals surface area contributed by atoms with Crippen molar-refractivity contribution in [3.63, 3.8) is 0 Å². The molecule has 0 spiro atoms. The van der Waals surface area contributed by atoms with E-state index in [0.717, 1.165) is 17.8 Å². The highest BCUT2D eigenvalue weighted by atomic mass is 19.4. The molecule has 2 aromatic carbocycles. The number of aliphatic hydroxyl groups is 1. The lowest BCUT2D eigenvalue weighted by molar-refractivity contribution is -0.137. The molecule has 0 aromatic heterocycles. The summed E-state index contributed by atoms with van der Waals surface area (Å²) in [6, 6.07) is 14.4. The molecule has 0 radical (unpaired) electrons. The van der Waals surface area contributed by atoms with E-state index in [1.807, 2.05) is 44.2 Å². The van der Waals surface area contributed by atoms with Gasteiger partial charge in [0.15, 0.2) is 0 Å². The Labute approximate surface area is 181 Å². The normalized spacial score (nSPS) is 17.9. The van der Waals surface area contributed by atoms with Crippen LogP contribution in [-0.4, -0.2) is 41.6 Å². The molecule has 3 rings (SSSR count). The minimum Gasteiger partial charge on any atom is -0.385 e.